The summed E-state index contributed by atoms with van der Waals surface area (Å²) in [6, 6.07) is 0. The van der Waals surface area contributed by atoms with Gasteiger partial charge in [0.1, 0.15) is 0 Å². The van der Waals surface area contributed by atoms with Gasteiger partial charge in [-0.2, -0.15) is 0 Å². The lowest BCUT2D eigenvalue weighted by Gasteiger charge is -2.10. The molecule has 0 saturated carbocycles. The summed E-state index contributed by atoms with van der Waals surface area (Å²) in [6.45, 7) is 0. The van der Waals surface area contributed by atoms with Crippen LogP contribution in [-0.4, -0.2) is 11.1 Å². The Labute approximate surface area is 66.2 Å². The molecule has 0 fully saturated rings. The topological polar surface area (TPSA) is 37.3 Å². The van der Waals surface area contributed by atoms with E-state index in [2.05, 4.69) is 12.2 Å². The number of aliphatic carboxylic acids is 1. The molecule has 0 spiro atoms. The van der Waals surface area contributed by atoms with E-state index in [0.29, 0.717) is 5.92 Å². The van der Waals surface area contributed by atoms with E-state index in [-0.39, 0.29) is 6.42 Å². The van der Waals surface area contributed by atoms with Crippen LogP contribution in [0.15, 0.2) is 24.3 Å². The monoisotopic (exact) mass is 152 g/mol. The van der Waals surface area contributed by atoms with E-state index in [9.17, 15) is 4.79 Å². The zero-order valence-electron chi connectivity index (χ0n) is 6.36. The Morgan fingerprint density at radius 1 is 1.55 bits per heavy atom. The summed E-state index contributed by atoms with van der Waals surface area (Å²) >= 11 is 0. The Morgan fingerprint density at radius 3 is 2.91 bits per heavy atom. The van der Waals surface area contributed by atoms with Crippen LogP contribution in [0.5, 0.6) is 0 Å². The highest BCUT2D eigenvalue weighted by molar-refractivity contribution is 5.66. The Morgan fingerprint density at radius 2 is 2.36 bits per heavy atom. The number of hydrogen-bond acceptors (Lipinski definition) is 1. The van der Waals surface area contributed by atoms with Crippen molar-refractivity contribution >= 4 is 5.97 Å². The SMILES string of the molecule is O=C(O)CCC1C=CC=CC1. The first kappa shape index (κ1) is 8.05. The molecule has 1 aliphatic rings. The van der Waals surface area contributed by atoms with Gasteiger partial charge in [0.15, 0.2) is 0 Å². The second kappa shape index (κ2) is 3.96. The third-order valence-electron chi connectivity index (χ3n) is 1.80. The molecular formula is C9H12O2. The fourth-order valence-electron chi connectivity index (χ4n) is 1.15. The molecule has 1 atom stereocenters. The van der Waals surface area contributed by atoms with Crippen molar-refractivity contribution in [3.63, 3.8) is 0 Å². The maximum Gasteiger partial charge on any atom is 0.303 e. The minimum atomic E-state index is -0.701. The third-order valence-corrected chi connectivity index (χ3v) is 1.80. The molecule has 0 radical (unpaired) electrons. The fourth-order valence-corrected chi connectivity index (χ4v) is 1.15. The molecule has 1 N–H and O–H groups in total. The molecule has 0 aromatic heterocycles. The Hall–Kier alpha value is -1.05. The molecule has 2 nitrogen and oxygen atoms in total. The summed E-state index contributed by atoms with van der Waals surface area (Å²) in [4.78, 5) is 10.2. The molecule has 0 bridgehead atoms. The number of carboxylic acid groups (broad SMARTS) is 1. The van der Waals surface area contributed by atoms with Crippen LogP contribution in [-0.2, 0) is 4.79 Å². The first-order chi connectivity index (χ1) is 5.29. The van der Waals surface area contributed by atoms with Crippen molar-refractivity contribution in [1.29, 1.82) is 0 Å². The van der Waals surface area contributed by atoms with Crippen LogP contribution < -0.4 is 0 Å². The Bertz CT molecular complexity index is 192. The van der Waals surface area contributed by atoms with Crippen molar-refractivity contribution in [3.05, 3.63) is 24.3 Å². The zero-order valence-corrected chi connectivity index (χ0v) is 6.36. The summed E-state index contributed by atoms with van der Waals surface area (Å²) in [5.74, 6) is -0.260. The minimum Gasteiger partial charge on any atom is -0.481 e. The molecule has 1 unspecified atom stereocenters. The van der Waals surface area contributed by atoms with Gasteiger partial charge in [-0.3, -0.25) is 4.79 Å². The van der Waals surface area contributed by atoms with E-state index < -0.39 is 5.97 Å². The van der Waals surface area contributed by atoms with Crippen molar-refractivity contribution in [2.24, 2.45) is 5.92 Å². The quantitative estimate of drug-likeness (QED) is 0.671. The average Bonchev–Trinajstić information content (AvgIpc) is 2.03. The lowest BCUT2D eigenvalue weighted by Crippen LogP contribution is -2.02. The van der Waals surface area contributed by atoms with Crippen molar-refractivity contribution in [3.8, 4) is 0 Å². The molecule has 0 aliphatic heterocycles. The Kier molecular flexibility index (Phi) is 2.90. The van der Waals surface area contributed by atoms with E-state index >= 15 is 0 Å². The second-order valence-corrected chi connectivity index (χ2v) is 2.74. The normalized spacial score (nSPS) is 22.0. The molecule has 0 heterocycles. The second-order valence-electron chi connectivity index (χ2n) is 2.74. The number of allylic oxidation sites excluding steroid dienone is 4. The lowest BCUT2D eigenvalue weighted by atomic mass is 9.96. The Balaban J connectivity index is 2.22. The van der Waals surface area contributed by atoms with Gasteiger partial charge in [0.05, 0.1) is 0 Å². The zero-order chi connectivity index (χ0) is 8.10. The highest BCUT2D eigenvalue weighted by Crippen LogP contribution is 2.16. The van der Waals surface area contributed by atoms with Crippen molar-refractivity contribution in [2.45, 2.75) is 19.3 Å². The summed E-state index contributed by atoms with van der Waals surface area (Å²) < 4.78 is 0. The van der Waals surface area contributed by atoms with E-state index in [1.54, 1.807) is 0 Å². The van der Waals surface area contributed by atoms with Crippen LogP contribution in [0.1, 0.15) is 19.3 Å². The number of rotatable bonds is 3. The van der Waals surface area contributed by atoms with Crippen molar-refractivity contribution in [1.82, 2.24) is 0 Å². The van der Waals surface area contributed by atoms with E-state index in [0.717, 1.165) is 12.8 Å². The minimum absolute atomic E-state index is 0.281. The third kappa shape index (κ3) is 3.03. The van der Waals surface area contributed by atoms with Gasteiger partial charge in [0, 0.05) is 6.42 Å². The fraction of sp³-hybridized carbons (Fsp3) is 0.444. The van der Waals surface area contributed by atoms with E-state index in [1.165, 1.54) is 0 Å². The van der Waals surface area contributed by atoms with E-state index in [4.69, 9.17) is 5.11 Å². The van der Waals surface area contributed by atoms with Crippen LogP contribution in [0.25, 0.3) is 0 Å². The molecule has 0 aromatic carbocycles. The van der Waals surface area contributed by atoms with Gasteiger partial charge in [0.2, 0.25) is 0 Å². The average molecular weight is 152 g/mol. The van der Waals surface area contributed by atoms with Crippen LogP contribution in [0.4, 0.5) is 0 Å². The number of carboxylic acids is 1. The van der Waals surface area contributed by atoms with Gasteiger partial charge in [-0.05, 0) is 18.8 Å². The van der Waals surface area contributed by atoms with E-state index in [1.807, 2.05) is 12.2 Å². The maximum absolute atomic E-state index is 10.2. The summed E-state index contributed by atoms with van der Waals surface area (Å²) in [7, 11) is 0. The summed E-state index contributed by atoms with van der Waals surface area (Å²) in [6.07, 6.45) is 10.2. The molecule has 60 valence electrons. The lowest BCUT2D eigenvalue weighted by molar-refractivity contribution is -0.137. The molecule has 0 amide bonds. The van der Waals surface area contributed by atoms with Gasteiger partial charge < -0.3 is 5.11 Å². The van der Waals surface area contributed by atoms with Crippen LogP contribution in [0.3, 0.4) is 0 Å². The number of hydrogen-bond donors (Lipinski definition) is 1. The molecule has 0 saturated heterocycles. The van der Waals surface area contributed by atoms with Crippen molar-refractivity contribution in [2.75, 3.05) is 0 Å². The van der Waals surface area contributed by atoms with Crippen LogP contribution in [0, 0.1) is 5.92 Å². The van der Waals surface area contributed by atoms with Gasteiger partial charge in [-0.25, -0.2) is 0 Å². The van der Waals surface area contributed by atoms with Gasteiger partial charge in [0.25, 0.3) is 0 Å². The molecular weight excluding hydrogens is 140 g/mol. The van der Waals surface area contributed by atoms with Crippen LogP contribution in [0.2, 0.25) is 0 Å². The predicted octanol–water partition coefficient (Wildman–Crippen LogP) is 1.98. The first-order valence-electron chi connectivity index (χ1n) is 3.84. The first-order valence-corrected chi connectivity index (χ1v) is 3.84. The highest BCUT2D eigenvalue weighted by atomic mass is 16.4. The molecule has 2 heteroatoms. The predicted molar refractivity (Wildman–Crippen MR) is 43.3 cm³/mol. The van der Waals surface area contributed by atoms with Crippen molar-refractivity contribution < 1.29 is 9.90 Å². The van der Waals surface area contributed by atoms with Gasteiger partial charge >= 0.3 is 5.97 Å². The maximum atomic E-state index is 10.2. The summed E-state index contributed by atoms with van der Waals surface area (Å²) in [5, 5.41) is 8.40. The molecule has 1 rings (SSSR count). The smallest absolute Gasteiger partial charge is 0.303 e. The number of carbonyl (C=O) groups is 1. The molecule has 0 aromatic rings. The molecule has 11 heavy (non-hydrogen) atoms. The summed E-state index contributed by atoms with van der Waals surface area (Å²) in [5.41, 5.74) is 0. The van der Waals surface area contributed by atoms with Gasteiger partial charge in [-0.1, -0.05) is 24.3 Å². The largest absolute Gasteiger partial charge is 0.481 e. The standard InChI is InChI=1S/C9H12O2/c10-9(11)7-6-8-4-2-1-3-5-8/h1-4,8H,5-7H2,(H,10,11). The highest BCUT2D eigenvalue weighted by Gasteiger charge is 2.06. The van der Waals surface area contributed by atoms with Crippen LogP contribution >= 0.6 is 0 Å². The molecule has 1 aliphatic carbocycles. The van der Waals surface area contributed by atoms with Gasteiger partial charge in [-0.15, -0.1) is 0 Å².